The van der Waals surface area contributed by atoms with Crippen LogP contribution in [-0.2, 0) is 0 Å². The molecule has 76 valence electrons. The number of nitrogens with one attached hydrogen (secondary N) is 1. The van der Waals surface area contributed by atoms with Crippen molar-refractivity contribution in [1.29, 1.82) is 0 Å². The highest BCUT2D eigenvalue weighted by atomic mass is 16.6. The van der Waals surface area contributed by atoms with Crippen LogP contribution in [0.5, 0.6) is 0 Å². The van der Waals surface area contributed by atoms with Crippen LogP contribution in [0.4, 0.5) is 11.5 Å². The fraction of sp³-hybridized carbons (Fsp3) is 0.100. The molecule has 0 aliphatic rings. The lowest BCUT2D eigenvalue weighted by molar-refractivity contribution is -0.384. The normalized spacial score (nSPS) is 10.2. The van der Waals surface area contributed by atoms with E-state index in [1.54, 1.807) is 13.1 Å². The molecule has 1 aromatic carbocycles. The predicted molar refractivity (Wildman–Crippen MR) is 57.9 cm³/mol. The molecule has 15 heavy (non-hydrogen) atoms. The van der Waals surface area contributed by atoms with Gasteiger partial charge in [-0.3, -0.25) is 10.1 Å². The van der Waals surface area contributed by atoms with Gasteiger partial charge in [-0.25, -0.2) is 4.98 Å². The van der Waals surface area contributed by atoms with Crippen molar-refractivity contribution >= 4 is 22.4 Å². The number of hydrogen-bond donors (Lipinski definition) is 1. The third-order valence-corrected chi connectivity index (χ3v) is 2.14. The van der Waals surface area contributed by atoms with Crippen LogP contribution in [0.15, 0.2) is 30.3 Å². The number of nitrogens with zero attached hydrogens (tertiary/aromatic N) is 2. The number of anilines is 1. The van der Waals surface area contributed by atoms with E-state index < -0.39 is 4.92 Å². The number of nitro groups is 1. The van der Waals surface area contributed by atoms with Crippen molar-refractivity contribution in [2.45, 2.75) is 0 Å². The van der Waals surface area contributed by atoms with Gasteiger partial charge in [0.15, 0.2) is 0 Å². The maximum absolute atomic E-state index is 10.7. The average Bonchev–Trinajstić information content (AvgIpc) is 2.27. The van der Waals surface area contributed by atoms with Gasteiger partial charge < -0.3 is 5.32 Å². The van der Waals surface area contributed by atoms with E-state index in [2.05, 4.69) is 10.3 Å². The van der Waals surface area contributed by atoms with Crippen LogP contribution in [0.1, 0.15) is 0 Å². The van der Waals surface area contributed by atoms with E-state index in [1.807, 2.05) is 18.2 Å². The minimum Gasteiger partial charge on any atom is -0.367 e. The fourth-order valence-electron chi connectivity index (χ4n) is 1.43. The van der Waals surface area contributed by atoms with Crippen molar-refractivity contribution in [2.24, 2.45) is 0 Å². The molecule has 1 N–H and O–H groups in total. The SMILES string of the molecule is CNc1nc2ccccc2cc1[N+](=O)[O-]. The maximum atomic E-state index is 10.7. The van der Waals surface area contributed by atoms with Gasteiger partial charge in [-0.1, -0.05) is 18.2 Å². The standard InChI is InChI=1S/C10H9N3O2/c1-11-10-9(13(14)15)6-7-4-2-3-5-8(7)12-10/h2-6H,1H3,(H,11,12). The van der Waals surface area contributed by atoms with Crippen molar-refractivity contribution in [1.82, 2.24) is 4.98 Å². The maximum Gasteiger partial charge on any atom is 0.311 e. The zero-order valence-electron chi connectivity index (χ0n) is 8.10. The second-order valence-electron chi connectivity index (χ2n) is 3.06. The number of fused-ring (bicyclic) bond motifs is 1. The van der Waals surface area contributed by atoms with Gasteiger partial charge in [0.2, 0.25) is 5.82 Å². The Morgan fingerprint density at radius 1 is 1.40 bits per heavy atom. The molecular weight excluding hydrogens is 194 g/mol. The lowest BCUT2D eigenvalue weighted by atomic mass is 10.2. The van der Waals surface area contributed by atoms with Crippen molar-refractivity contribution in [2.75, 3.05) is 12.4 Å². The Kier molecular flexibility index (Phi) is 2.21. The molecule has 0 saturated heterocycles. The Morgan fingerprint density at radius 2 is 2.13 bits per heavy atom. The lowest BCUT2D eigenvalue weighted by Crippen LogP contribution is -1.99. The first-order valence-corrected chi connectivity index (χ1v) is 4.44. The number of benzene rings is 1. The summed E-state index contributed by atoms with van der Waals surface area (Å²) in [4.78, 5) is 14.5. The molecule has 0 atom stereocenters. The van der Waals surface area contributed by atoms with Gasteiger partial charge in [0.25, 0.3) is 0 Å². The van der Waals surface area contributed by atoms with Crippen LogP contribution in [0.25, 0.3) is 10.9 Å². The summed E-state index contributed by atoms with van der Waals surface area (Å²) >= 11 is 0. The van der Waals surface area contributed by atoms with Gasteiger partial charge >= 0.3 is 5.69 Å². The molecule has 0 amide bonds. The third kappa shape index (κ3) is 1.59. The molecule has 5 heteroatoms. The highest BCUT2D eigenvalue weighted by Gasteiger charge is 2.14. The summed E-state index contributed by atoms with van der Waals surface area (Å²) in [6.45, 7) is 0. The molecule has 2 aromatic rings. The lowest BCUT2D eigenvalue weighted by Gasteiger charge is -2.02. The number of hydrogen-bond acceptors (Lipinski definition) is 4. The third-order valence-electron chi connectivity index (χ3n) is 2.14. The van der Waals surface area contributed by atoms with Gasteiger partial charge in [0.05, 0.1) is 10.4 Å². The first-order valence-electron chi connectivity index (χ1n) is 4.44. The zero-order chi connectivity index (χ0) is 10.8. The van der Waals surface area contributed by atoms with Crippen LogP contribution in [0.3, 0.4) is 0 Å². The smallest absolute Gasteiger partial charge is 0.311 e. The number of para-hydroxylation sites is 1. The first-order chi connectivity index (χ1) is 7.22. The predicted octanol–water partition coefficient (Wildman–Crippen LogP) is 2.18. The monoisotopic (exact) mass is 203 g/mol. The quantitative estimate of drug-likeness (QED) is 0.600. The summed E-state index contributed by atoms with van der Waals surface area (Å²) in [6, 6.07) is 8.82. The molecule has 0 saturated carbocycles. The van der Waals surface area contributed by atoms with Crippen LogP contribution in [0, 0.1) is 10.1 Å². The summed E-state index contributed by atoms with van der Waals surface area (Å²) in [5, 5.41) is 14.2. The van der Waals surface area contributed by atoms with E-state index in [4.69, 9.17) is 0 Å². The van der Waals surface area contributed by atoms with Crippen LogP contribution in [-0.4, -0.2) is 17.0 Å². The van der Waals surface area contributed by atoms with Crippen LogP contribution >= 0.6 is 0 Å². The van der Waals surface area contributed by atoms with Crippen molar-refractivity contribution in [3.63, 3.8) is 0 Å². The second kappa shape index (κ2) is 3.53. The summed E-state index contributed by atoms with van der Waals surface area (Å²) in [5.74, 6) is 0.290. The van der Waals surface area contributed by atoms with Gasteiger partial charge in [-0.2, -0.15) is 0 Å². The Morgan fingerprint density at radius 3 is 2.80 bits per heavy atom. The van der Waals surface area contributed by atoms with Crippen molar-refractivity contribution < 1.29 is 4.92 Å². The van der Waals surface area contributed by atoms with Gasteiger partial charge in [0.1, 0.15) is 0 Å². The summed E-state index contributed by atoms with van der Waals surface area (Å²) < 4.78 is 0. The van der Waals surface area contributed by atoms with Crippen molar-refractivity contribution in [3.8, 4) is 0 Å². The van der Waals surface area contributed by atoms with E-state index in [0.29, 0.717) is 5.82 Å². The Balaban J connectivity index is 2.74. The summed E-state index contributed by atoms with van der Waals surface area (Å²) in [6.07, 6.45) is 0. The molecule has 0 aliphatic carbocycles. The largest absolute Gasteiger partial charge is 0.367 e. The molecule has 0 bridgehead atoms. The van der Waals surface area contributed by atoms with E-state index in [9.17, 15) is 10.1 Å². The van der Waals surface area contributed by atoms with E-state index in [0.717, 1.165) is 10.9 Å². The average molecular weight is 203 g/mol. The Bertz CT molecular complexity index is 525. The topological polar surface area (TPSA) is 68.1 Å². The second-order valence-corrected chi connectivity index (χ2v) is 3.06. The first kappa shape index (κ1) is 9.39. The number of rotatable bonds is 2. The highest BCUT2D eigenvalue weighted by molar-refractivity contribution is 5.84. The van der Waals surface area contributed by atoms with E-state index in [1.165, 1.54) is 6.07 Å². The molecule has 0 aliphatic heterocycles. The Labute approximate surface area is 85.9 Å². The molecule has 1 heterocycles. The minimum atomic E-state index is -0.439. The van der Waals surface area contributed by atoms with Crippen LogP contribution in [0.2, 0.25) is 0 Å². The molecule has 0 fully saturated rings. The fourth-order valence-corrected chi connectivity index (χ4v) is 1.43. The molecule has 5 nitrogen and oxygen atoms in total. The van der Waals surface area contributed by atoms with Crippen LogP contribution < -0.4 is 5.32 Å². The summed E-state index contributed by atoms with van der Waals surface area (Å²) in [7, 11) is 1.62. The molecule has 0 unspecified atom stereocenters. The number of aromatic nitrogens is 1. The van der Waals surface area contributed by atoms with Gasteiger partial charge in [-0.15, -0.1) is 0 Å². The minimum absolute atomic E-state index is 0.00352. The van der Waals surface area contributed by atoms with Gasteiger partial charge in [0, 0.05) is 18.5 Å². The van der Waals surface area contributed by atoms with E-state index in [-0.39, 0.29) is 5.69 Å². The molecule has 1 aromatic heterocycles. The summed E-state index contributed by atoms with van der Waals surface area (Å²) in [5.41, 5.74) is 0.739. The number of pyridine rings is 1. The highest BCUT2D eigenvalue weighted by Crippen LogP contribution is 2.26. The van der Waals surface area contributed by atoms with Gasteiger partial charge in [-0.05, 0) is 6.07 Å². The molecule has 0 radical (unpaired) electrons. The van der Waals surface area contributed by atoms with Crippen molar-refractivity contribution in [3.05, 3.63) is 40.4 Å². The Hall–Kier alpha value is -2.17. The zero-order valence-corrected chi connectivity index (χ0v) is 8.10. The molecule has 2 rings (SSSR count). The molecule has 0 spiro atoms. The molecular formula is C10H9N3O2. The van der Waals surface area contributed by atoms with E-state index >= 15 is 0 Å².